The monoisotopic (exact) mass is 821 g/mol. The van der Waals surface area contributed by atoms with Gasteiger partial charge in [0.1, 0.15) is 63.7 Å². The van der Waals surface area contributed by atoms with E-state index in [1.165, 1.54) is 22.3 Å². The first kappa shape index (κ1) is 40.5. The molecule has 8 atom stereocenters. The van der Waals surface area contributed by atoms with Crippen LogP contribution in [0.2, 0.25) is 5.02 Å². The van der Waals surface area contributed by atoms with E-state index in [4.69, 9.17) is 40.5 Å². The Morgan fingerprint density at radius 2 is 1.86 bits per heavy atom. The number of nitrogens with zero attached hydrogens (tertiary/aromatic N) is 3. The highest BCUT2D eigenvalue weighted by atomic mass is 35.5. The van der Waals surface area contributed by atoms with E-state index in [2.05, 4.69) is 37.6 Å². The first-order valence-corrected chi connectivity index (χ1v) is 20.5. The molecule has 4 fully saturated rings. The van der Waals surface area contributed by atoms with Crippen molar-refractivity contribution in [3.05, 3.63) is 59.1 Å². The van der Waals surface area contributed by atoms with E-state index in [0.717, 1.165) is 25.0 Å². The van der Waals surface area contributed by atoms with Gasteiger partial charge in [-0.1, -0.05) is 38.1 Å². The van der Waals surface area contributed by atoms with E-state index < -0.39 is 53.5 Å². The van der Waals surface area contributed by atoms with Crippen molar-refractivity contribution < 1.29 is 43.2 Å². The van der Waals surface area contributed by atoms with Crippen LogP contribution in [0.1, 0.15) is 64.5 Å². The van der Waals surface area contributed by atoms with Gasteiger partial charge in [-0.05, 0) is 68.1 Å². The number of alkyl carbamates (subject to hydrolysis) is 1. The van der Waals surface area contributed by atoms with Gasteiger partial charge in [-0.2, -0.15) is 0 Å². The van der Waals surface area contributed by atoms with Gasteiger partial charge in [-0.3, -0.25) is 9.59 Å². The minimum absolute atomic E-state index is 0.00405. The third kappa shape index (κ3) is 8.33. The molecule has 3 amide bonds. The van der Waals surface area contributed by atoms with Crippen LogP contribution in [0.5, 0.6) is 11.5 Å². The second kappa shape index (κ2) is 16.3. The van der Waals surface area contributed by atoms with Crippen LogP contribution in [0.15, 0.2) is 48.4 Å². The van der Waals surface area contributed by atoms with Crippen LogP contribution >= 0.6 is 22.9 Å². The Bertz CT molecular complexity index is 2100. The summed E-state index contributed by atoms with van der Waals surface area (Å²) in [5, 5.41) is 18.9. The SMILES string of the molecule is C=C[C@@H]1C[C@]1(NC(=O)[C@@H]1C[C@@H](Oc2cc(-c3nc(C(C)C)cs3)nc3c(Cl)c(OCCOC)ccc23)CN1C(=O)[C@@H](NC(=O)O[C@@H]1C[C@@H]2C[C@@H]2C1)C(=C)C)C(=O)O. The zero-order valence-electron chi connectivity index (χ0n) is 32.4. The van der Waals surface area contributed by atoms with Crippen molar-refractivity contribution in [3.63, 3.8) is 0 Å². The molecule has 2 aromatic heterocycles. The average molecular weight is 822 g/mol. The summed E-state index contributed by atoms with van der Waals surface area (Å²) in [4.78, 5) is 65.0. The molecule has 1 saturated heterocycles. The number of hydrogen-bond donors (Lipinski definition) is 3. The van der Waals surface area contributed by atoms with Crippen LogP contribution in [0.3, 0.4) is 0 Å². The largest absolute Gasteiger partial charge is 0.490 e. The standard InChI is InChI=1S/C41H48ClN5O9S/c1-7-24-17-41(24,39(50)51)46-36(48)30-15-26(18-47(30)38(49)34(21(4)5)45-40(52)56-25-13-22-12-23(22)14-25)55-32-16-28(37-44-29(19-57-37)20(2)3)43-35-27(32)8-9-31(33(35)42)54-11-10-53-6/h7-9,16,19-20,22-26,30,34H,1,4,10-15,17-18H2,2-3,5-6H3,(H,45,52)(H,46,48)(H,50,51)/t22-,23+,24-,25+,26-,30+,34+,41-/m1/s1. The topological polar surface area (TPSA) is 179 Å². The molecule has 0 radical (unpaired) electrons. The highest BCUT2D eigenvalue weighted by Crippen LogP contribution is 2.52. The van der Waals surface area contributed by atoms with Crippen molar-refractivity contribution in [2.24, 2.45) is 17.8 Å². The zero-order valence-corrected chi connectivity index (χ0v) is 34.0. The maximum absolute atomic E-state index is 14.4. The molecular formula is C41H48ClN5O9S. The quantitative estimate of drug-likeness (QED) is 0.112. The predicted octanol–water partition coefficient (Wildman–Crippen LogP) is 6.12. The van der Waals surface area contributed by atoms with Crippen LogP contribution in [0, 0.1) is 17.8 Å². The number of methoxy groups -OCH3 is 1. The minimum Gasteiger partial charge on any atom is -0.490 e. The normalized spacial score (nSPS) is 26.4. The van der Waals surface area contributed by atoms with E-state index in [0.29, 0.717) is 57.1 Å². The summed E-state index contributed by atoms with van der Waals surface area (Å²) >= 11 is 8.35. The number of nitrogens with one attached hydrogen (secondary N) is 2. The molecule has 3 saturated carbocycles. The third-order valence-corrected chi connectivity index (χ3v) is 12.6. The molecule has 0 bridgehead atoms. The lowest BCUT2D eigenvalue weighted by molar-refractivity contribution is -0.145. The van der Waals surface area contributed by atoms with Gasteiger partial charge >= 0.3 is 12.1 Å². The number of carbonyl (C=O) groups excluding carboxylic acids is 3. The fourth-order valence-electron chi connectivity index (χ4n) is 7.92. The molecule has 1 aliphatic heterocycles. The zero-order chi connectivity index (χ0) is 40.8. The number of benzene rings is 1. The number of ether oxygens (including phenoxy) is 4. The van der Waals surface area contributed by atoms with E-state index in [9.17, 15) is 24.3 Å². The molecule has 3 aliphatic carbocycles. The Balaban J connectivity index is 1.20. The first-order chi connectivity index (χ1) is 27.2. The number of carboxylic acids is 1. The Hall–Kier alpha value is -4.73. The second-order valence-electron chi connectivity index (χ2n) is 15.8. The van der Waals surface area contributed by atoms with E-state index in [-0.39, 0.29) is 43.0 Å². The fourth-order valence-corrected chi connectivity index (χ4v) is 9.13. The third-order valence-electron chi connectivity index (χ3n) is 11.4. The van der Waals surface area contributed by atoms with Crippen molar-refractivity contribution in [2.45, 2.75) is 88.6 Å². The second-order valence-corrected chi connectivity index (χ2v) is 17.1. The molecule has 3 heterocycles. The predicted molar refractivity (Wildman–Crippen MR) is 214 cm³/mol. The first-order valence-electron chi connectivity index (χ1n) is 19.2. The average Bonchev–Trinajstić information content (AvgIpc) is 3.81. The van der Waals surface area contributed by atoms with Gasteiger partial charge in [-0.15, -0.1) is 17.9 Å². The maximum Gasteiger partial charge on any atom is 0.408 e. The van der Waals surface area contributed by atoms with Crippen LogP contribution < -0.4 is 20.1 Å². The molecule has 1 aromatic carbocycles. The van der Waals surface area contributed by atoms with Gasteiger partial charge in [0.15, 0.2) is 0 Å². The van der Waals surface area contributed by atoms with E-state index >= 15 is 0 Å². The number of thiazole rings is 1. The number of carbonyl (C=O) groups is 4. The van der Waals surface area contributed by atoms with Crippen LogP contribution in [0.25, 0.3) is 21.6 Å². The smallest absolute Gasteiger partial charge is 0.408 e. The molecule has 0 unspecified atom stereocenters. The van der Waals surface area contributed by atoms with Gasteiger partial charge in [0.25, 0.3) is 0 Å². The summed E-state index contributed by atoms with van der Waals surface area (Å²) in [5.74, 6) is -0.805. The summed E-state index contributed by atoms with van der Waals surface area (Å²) in [5.41, 5.74) is 0.597. The molecule has 4 aliphatic rings. The number of amides is 3. The lowest BCUT2D eigenvalue weighted by atomic mass is 10.1. The fraction of sp³-hybridized carbons (Fsp3) is 0.512. The Labute approximate surface area is 339 Å². The van der Waals surface area contributed by atoms with Crippen LogP contribution in [0.4, 0.5) is 4.79 Å². The van der Waals surface area contributed by atoms with Crippen molar-refractivity contribution in [1.29, 1.82) is 0 Å². The van der Waals surface area contributed by atoms with Crippen molar-refractivity contribution in [3.8, 4) is 22.2 Å². The summed E-state index contributed by atoms with van der Waals surface area (Å²) in [6, 6.07) is 2.87. The summed E-state index contributed by atoms with van der Waals surface area (Å²) < 4.78 is 23.4. The van der Waals surface area contributed by atoms with Gasteiger partial charge in [0.05, 0.1) is 24.4 Å². The number of halogens is 1. The Morgan fingerprint density at radius 3 is 2.49 bits per heavy atom. The Morgan fingerprint density at radius 1 is 1.11 bits per heavy atom. The van der Waals surface area contributed by atoms with Crippen LogP contribution in [-0.2, 0) is 23.9 Å². The number of likely N-dealkylation sites (tertiary alicyclic amines) is 1. The maximum atomic E-state index is 14.4. The number of aromatic nitrogens is 2. The molecular weight excluding hydrogens is 774 g/mol. The lowest BCUT2D eigenvalue weighted by Crippen LogP contribution is -2.56. The Kier molecular flexibility index (Phi) is 11.5. The number of rotatable bonds is 16. The van der Waals surface area contributed by atoms with Crippen molar-refractivity contribution in [1.82, 2.24) is 25.5 Å². The molecule has 3 aromatic rings. The lowest BCUT2D eigenvalue weighted by Gasteiger charge is -2.29. The number of carboxylic acid groups (broad SMARTS) is 1. The molecule has 14 nitrogen and oxygen atoms in total. The van der Waals surface area contributed by atoms with Crippen molar-refractivity contribution in [2.75, 3.05) is 26.9 Å². The van der Waals surface area contributed by atoms with Gasteiger partial charge < -0.3 is 39.6 Å². The number of fused-ring (bicyclic) bond motifs is 2. The number of hydrogen-bond acceptors (Lipinski definition) is 11. The van der Waals surface area contributed by atoms with E-state index in [1.54, 1.807) is 32.2 Å². The summed E-state index contributed by atoms with van der Waals surface area (Å²) in [7, 11) is 1.57. The highest BCUT2D eigenvalue weighted by Gasteiger charge is 2.61. The van der Waals surface area contributed by atoms with E-state index in [1.807, 2.05) is 5.38 Å². The summed E-state index contributed by atoms with van der Waals surface area (Å²) in [6.07, 6.45) is 2.70. The van der Waals surface area contributed by atoms with Gasteiger partial charge in [0, 0.05) is 36.3 Å². The molecule has 304 valence electrons. The van der Waals surface area contributed by atoms with Gasteiger partial charge in [-0.25, -0.2) is 19.6 Å². The molecule has 0 spiro atoms. The summed E-state index contributed by atoms with van der Waals surface area (Å²) in [6.45, 7) is 13.9. The molecule has 7 rings (SSSR count). The van der Waals surface area contributed by atoms with Crippen molar-refractivity contribution >= 4 is 57.7 Å². The van der Waals surface area contributed by atoms with Crippen LogP contribution in [-0.4, -0.2) is 101 Å². The molecule has 16 heteroatoms. The molecule has 57 heavy (non-hydrogen) atoms. The minimum atomic E-state index is -1.54. The highest BCUT2D eigenvalue weighted by molar-refractivity contribution is 7.13. The number of aliphatic carboxylic acids is 1. The van der Waals surface area contributed by atoms with Gasteiger partial charge in [0.2, 0.25) is 11.8 Å². The molecule has 3 N–H and O–H groups in total. The number of pyridine rings is 1.